The molecule has 0 spiro atoms. The predicted octanol–water partition coefficient (Wildman–Crippen LogP) is 3.43. The van der Waals surface area contributed by atoms with Gasteiger partial charge >= 0.3 is 0 Å². The second-order valence-electron chi connectivity index (χ2n) is 4.82. The quantitative estimate of drug-likeness (QED) is 0.839. The van der Waals surface area contributed by atoms with E-state index in [1.807, 2.05) is 31.2 Å². The molecule has 0 amide bonds. The van der Waals surface area contributed by atoms with Gasteiger partial charge in [0.2, 0.25) is 0 Å². The van der Waals surface area contributed by atoms with Gasteiger partial charge in [-0.3, -0.25) is 4.79 Å². The molecule has 0 unspecified atom stereocenters. The van der Waals surface area contributed by atoms with Crippen LogP contribution in [0, 0.1) is 6.92 Å². The van der Waals surface area contributed by atoms with Gasteiger partial charge in [-0.05, 0) is 25.5 Å². The molecule has 2 aromatic rings. The Morgan fingerprint density at radius 2 is 2.21 bits per heavy atom. The number of hydrogen-bond acceptors (Lipinski definition) is 4. The second-order valence-corrected chi connectivity index (χ2v) is 5.89. The molecule has 4 heteroatoms. The van der Waals surface area contributed by atoms with Crippen molar-refractivity contribution in [2.45, 2.75) is 26.3 Å². The summed E-state index contributed by atoms with van der Waals surface area (Å²) >= 11 is 1.68. The van der Waals surface area contributed by atoms with Crippen LogP contribution in [0.1, 0.15) is 33.9 Å². The standard InChI is InChI=1S/C15H16N2OS/c1-11-16-12(10-19-11)9-17-8-4-7-15(18)13-5-2-3-6-14(13)17/h2-3,5-6,10H,4,7-9H2,1H3. The molecule has 0 saturated heterocycles. The molecule has 0 radical (unpaired) electrons. The summed E-state index contributed by atoms with van der Waals surface area (Å²) in [6.07, 6.45) is 1.56. The number of ketones is 1. The predicted molar refractivity (Wildman–Crippen MR) is 77.9 cm³/mol. The van der Waals surface area contributed by atoms with E-state index < -0.39 is 0 Å². The van der Waals surface area contributed by atoms with Crippen molar-refractivity contribution >= 4 is 22.8 Å². The van der Waals surface area contributed by atoms with E-state index in [9.17, 15) is 4.79 Å². The Bertz CT molecular complexity index is 606. The van der Waals surface area contributed by atoms with Gasteiger partial charge in [-0.15, -0.1) is 11.3 Å². The highest BCUT2D eigenvalue weighted by atomic mass is 32.1. The van der Waals surface area contributed by atoms with Gasteiger partial charge in [0.1, 0.15) is 0 Å². The first-order chi connectivity index (χ1) is 9.24. The highest BCUT2D eigenvalue weighted by molar-refractivity contribution is 7.09. The van der Waals surface area contributed by atoms with Crippen molar-refractivity contribution in [1.29, 1.82) is 0 Å². The third-order valence-electron chi connectivity index (χ3n) is 3.40. The number of anilines is 1. The van der Waals surface area contributed by atoms with E-state index in [0.29, 0.717) is 6.42 Å². The maximum Gasteiger partial charge on any atom is 0.165 e. The van der Waals surface area contributed by atoms with Crippen molar-refractivity contribution in [3.8, 4) is 0 Å². The lowest BCUT2D eigenvalue weighted by atomic mass is 10.1. The lowest BCUT2D eigenvalue weighted by Crippen LogP contribution is -2.23. The fraction of sp³-hybridized carbons (Fsp3) is 0.333. The number of rotatable bonds is 2. The number of aromatic nitrogens is 1. The van der Waals surface area contributed by atoms with Crippen molar-refractivity contribution in [1.82, 2.24) is 4.98 Å². The molecule has 1 aromatic carbocycles. The number of hydrogen-bond donors (Lipinski definition) is 0. The number of fused-ring (bicyclic) bond motifs is 1. The van der Waals surface area contributed by atoms with Crippen molar-refractivity contribution in [3.63, 3.8) is 0 Å². The van der Waals surface area contributed by atoms with Crippen LogP contribution < -0.4 is 4.90 Å². The van der Waals surface area contributed by atoms with E-state index in [4.69, 9.17) is 0 Å². The number of thiazole rings is 1. The Kier molecular flexibility index (Phi) is 3.34. The third kappa shape index (κ3) is 2.54. The van der Waals surface area contributed by atoms with Crippen LogP contribution in [0.15, 0.2) is 29.6 Å². The Morgan fingerprint density at radius 1 is 1.37 bits per heavy atom. The smallest absolute Gasteiger partial charge is 0.165 e. The summed E-state index contributed by atoms with van der Waals surface area (Å²) in [7, 11) is 0. The molecule has 0 aliphatic carbocycles. The summed E-state index contributed by atoms with van der Waals surface area (Å²) in [5.41, 5.74) is 2.99. The summed E-state index contributed by atoms with van der Waals surface area (Å²) in [6, 6.07) is 7.91. The van der Waals surface area contributed by atoms with Crippen LogP contribution in [0.4, 0.5) is 5.69 Å². The van der Waals surface area contributed by atoms with E-state index in [0.717, 1.165) is 41.5 Å². The van der Waals surface area contributed by atoms with Crippen LogP contribution in [-0.4, -0.2) is 17.3 Å². The molecular weight excluding hydrogens is 256 g/mol. The van der Waals surface area contributed by atoms with Gasteiger partial charge in [-0.25, -0.2) is 4.98 Å². The largest absolute Gasteiger partial charge is 0.365 e. The van der Waals surface area contributed by atoms with Gasteiger partial charge in [0.05, 0.1) is 17.2 Å². The fourth-order valence-corrected chi connectivity index (χ4v) is 3.12. The van der Waals surface area contributed by atoms with E-state index in [1.54, 1.807) is 11.3 Å². The first kappa shape index (κ1) is 12.4. The second kappa shape index (κ2) is 5.13. The van der Waals surface area contributed by atoms with Crippen LogP contribution in [0.5, 0.6) is 0 Å². The lowest BCUT2D eigenvalue weighted by molar-refractivity contribution is 0.0984. The van der Waals surface area contributed by atoms with Gasteiger partial charge in [-0.1, -0.05) is 12.1 Å². The summed E-state index contributed by atoms with van der Waals surface area (Å²) in [4.78, 5) is 18.9. The van der Waals surface area contributed by atoms with Gasteiger partial charge < -0.3 is 4.90 Å². The van der Waals surface area contributed by atoms with Gasteiger partial charge in [0.15, 0.2) is 5.78 Å². The number of para-hydroxylation sites is 1. The number of nitrogens with zero attached hydrogens (tertiary/aromatic N) is 2. The minimum atomic E-state index is 0.257. The molecule has 2 heterocycles. The highest BCUT2D eigenvalue weighted by Crippen LogP contribution is 2.27. The number of aryl methyl sites for hydroxylation is 1. The molecule has 1 aliphatic heterocycles. The average Bonchev–Trinajstić information content (AvgIpc) is 2.75. The Balaban J connectivity index is 1.93. The summed E-state index contributed by atoms with van der Waals surface area (Å²) in [6.45, 7) is 3.72. The van der Waals surface area contributed by atoms with Crippen molar-refractivity contribution in [3.05, 3.63) is 45.9 Å². The first-order valence-corrected chi connectivity index (χ1v) is 7.40. The molecule has 3 nitrogen and oxygen atoms in total. The van der Waals surface area contributed by atoms with Gasteiger partial charge in [0, 0.05) is 29.6 Å². The zero-order valence-corrected chi connectivity index (χ0v) is 11.7. The molecule has 0 saturated carbocycles. The van der Waals surface area contributed by atoms with Crippen LogP contribution in [-0.2, 0) is 6.54 Å². The number of carbonyl (C=O) groups is 1. The zero-order chi connectivity index (χ0) is 13.2. The average molecular weight is 272 g/mol. The first-order valence-electron chi connectivity index (χ1n) is 6.52. The lowest BCUT2D eigenvalue weighted by Gasteiger charge is -2.23. The molecular formula is C15H16N2OS. The zero-order valence-electron chi connectivity index (χ0n) is 10.9. The molecule has 3 rings (SSSR count). The summed E-state index contributed by atoms with van der Waals surface area (Å²) in [5.74, 6) is 0.257. The van der Waals surface area contributed by atoms with Crippen molar-refractivity contribution in [2.75, 3.05) is 11.4 Å². The minimum absolute atomic E-state index is 0.257. The topological polar surface area (TPSA) is 33.2 Å². The number of Topliss-reactive ketones (excluding diaryl/α,β-unsaturated/α-hetero) is 1. The van der Waals surface area contributed by atoms with Crippen LogP contribution >= 0.6 is 11.3 Å². The normalized spacial score (nSPS) is 15.2. The monoisotopic (exact) mass is 272 g/mol. The Hall–Kier alpha value is -1.68. The fourth-order valence-electron chi connectivity index (χ4n) is 2.51. The Morgan fingerprint density at radius 3 is 3.00 bits per heavy atom. The van der Waals surface area contributed by atoms with Crippen LogP contribution in [0.3, 0.4) is 0 Å². The van der Waals surface area contributed by atoms with Crippen molar-refractivity contribution < 1.29 is 4.79 Å². The van der Waals surface area contributed by atoms with E-state index in [-0.39, 0.29) is 5.78 Å². The molecule has 1 aromatic heterocycles. The van der Waals surface area contributed by atoms with Gasteiger partial charge in [-0.2, -0.15) is 0 Å². The molecule has 98 valence electrons. The SMILES string of the molecule is Cc1nc(CN2CCCC(=O)c3ccccc32)cs1. The molecule has 19 heavy (non-hydrogen) atoms. The maximum atomic E-state index is 12.1. The minimum Gasteiger partial charge on any atom is -0.365 e. The maximum absolute atomic E-state index is 12.1. The third-order valence-corrected chi connectivity index (χ3v) is 4.22. The summed E-state index contributed by atoms with van der Waals surface area (Å²) in [5, 5.41) is 3.19. The van der Waals surface area contributed by atoms with Crippen LogP contribution in [0.2, 0.25) is 0 Å². The van der Waals surface area contributed by atoms with Crippen molar-refractivity contribution in [2.24, 2.45) is 0 Å². The molecule has 0 N–H and O–H groups in total. The van der Waals surface area contributed by atoms with E-state index in [2.05, 4.69) is 15.3 Å². The Labute approximate surface area is 116 Å². The van der Waals surface area contributed by atoms with E-state index >= 15 is 0 Å². The molecule has 1 aliphatic rings. The molecule has 0 fully saturated rings. The number of benzene rings is 1. The highest BCUT2D eigenvalue weighted by Gasteiger charge is 2.20. The summed E-state index contributed by atoms with van der Waals surface area (Å²) < 4.78 is 0. The molecule has 0 bridgehead atoms. The number of carbonyl (C=O) groups excluding carboxylic acids is 1. The van der Waals surface area contributed by atoms with Crippen LogP contribution in [0.25, 0.3) is 0 Å². The van der Waals surface area contributed by atoms with Gasteiger partial charge in [0.25, 0.3) is 0 Å². The molecule has 0 atom stereocenters. The van der Waals surface area contributed by atoms with E-state index in [1.165, 1.54) is 0 Å².